The van der Waals surface area contributed by atoms with Crippen molar-refractivity contribution in [3.63, 3.8) is 0 Å². The van der Waals surface area contributed by atoms with E-state index in [0.29, 0.717) is 6.42 Å². The molecular formula is C29H38F2O7. The maximum Gasteiger partial charge on any atom is 0.303 e. The maximum absolute atomic E-state index is 17.9. The molecule has 6 unspecified atom stereocenters. The molecule has 4 aliphatic carbocycles. The number of fused-ring (bicyclic) bond motifs is 7. The predicted octanol–water partition coefficient (Wildman–Crippen LogP) is 4.23. The highest BCUT2D eigenvalue weighted by Crippen LogP contribution is 2.71. The zero-order chi connectivity index (χ0) is 27.8. The van der Waals surface area contributed by atoms with Crippen LogP contribution in [-0.4, -0.2) is 66.7 Å². The van der Waals surface area contributed by atoms with E-state index < -0.39 is 71.2 Å². The second-order valence-electron chi connectivity index (χ2n) is 12.5. The smallest absolute Gasteiger partial charge is 0.303 e. The summed E-state index contributed by atoms with van der Waals surface area (Å²) in [4.78, 5) is 36.9. The highest BCUT2D eigenvalue weighted by atomic mass is 19.1. The summed E-state index contributed by atoms with van der Waals surface area (Å²) in [5.41, 5.74) is -3.83. The molecule has 10 atom stereocenters. The Labute approximate surface area is 222 Å². The molecule has 0 aromatic rings. The van der Waals surface area contributed by atoms with Crippen LogP contribution in [0.2, 0.25) is 0 Å². The molecule has 1 heterocycles. The van der Waals surface area contributed by atoms with Crippen molar-refractivity contribution in [3.05, 3.63) is 23.8 Å². The highest BCUT2D eigenvalue weighted by Gasteiger charge is 2.75. The van der Waals surface area contributed by atoms with Gasteiger partial charge in [-0.2, -0.15) is 0 Å². The van der Waals surface area contributed by atoms with E-state index in [1.54, 1.807) is 27.7 Å². The first-order valence-electron chi connectivity index (χ1n) is 13.6. The van der Waals surface area contributed by atoms with Gasteiger partial charge in [0.25, 0.3) is 0 Å². The molecule has 0 amide bonds. The Bertz CT molecular complexity index is 1100. The molecule has 9 heteroatoms. The van der Waals surface area contributed by atoms with Gasteiger partial charge in [-0.1, -0.05) is 13.0 Å². The minimum Gasteiger partial charge on any atom is -0.458 e. The number of hydrogen-bond acceptors (Lipinski definition) is 7. The normalized spacial score (nSPS) is 46.8. The monoisotopic (exact) mass is 536 g/mol. The first-order valence-corrected chi connectivity index (χ1v) is 13.6. The fraction of sp³-hybridized carbons (Fsp3) is 0.759. The molecule has 38 heavy (non-hydrogen) atoms. The van der Waals surface area contributed by atoms with Crippen molar-refractivity contribution in [1.29, 1.82) is 0 Å². The van der Waals surface area contributed by atoms with Crippen LogP contribution in [0.3, 0.4) is 0 Å². The third-order valence-corrected chi connectivity index (χ3v) is 9.96. The number of Topliss-reactive ketones (excluding diaryl/α,β-unsaturated/α-hetero) is 1. The lowest BCUT2D eigenvalue weighted by molar-refractivity contribution is -0.319. The molecule has 5 aliphatic rings. The molecule has 1 aliphatic heterocycles. The van der Waals surface area contributed by atoms with Crippen LogP contribution in [-0.2, 0) is 33.3 Å². The van der Waals surface area contributed by atoms with Gasteiger partial charge in [0.2, 0.25) is 0 Å². The number of carbonyl (C=O) groups is 3. The van der Waals surface area contributed by atoms with Crippen molar-refractivity contribution in [3.8, 4) is 0 Å². The van der Waals surface area contributed by atoms with Crippen LogP contribution < -0.4 is 0 Å². The second-order valence-corrected chi connectivity index (χ2v) is 12.5. The van der Waals surface area contributed by atoms with E-state index in [0.717, 1.165) is 0 Å². The fourth-order valence-electron chi connectivity index (χ4n) is 8.53. The van der Waals surface area contributed by atoms with Crippen molar-refractivity contribution >= 4 is 17.5 Å². The number of hydrogen-bond donors (Lipinski definition) is 0. The molecule has 3 saturated carbocycles. The SMILES string of the molecule is CCO[C@H]1CC2(C)C(C[C@H]3OC(C)(C)OC(C(=O)COC(C)=O)C32)C2C[C@H](F)C3=CC(=O)C=CC3(C)[C@]21F. The first kappa shape index (κ1) is 27.6. The Morgan fingerprint density at radius 3 is 2.50 bits per heavy atom. The molecule has 0 spiro atoms. The molecule has 0 radical (unpaired) electrons. The van der Waals surface area contributed by atoms with Crippen LogP contribution in [0.25, 0.3) is 0 Å². The molecular weight excluding hydrogens is 498 g/mol. The van der Waals surface area contributed by atoms with E-state index in [1.807, 2.05) is 6.92 Å². The van der Waals surface area contributed by atoms with E-state index in [2.05, 4.69) is 0 Å². The molecule has 5 rings (SSSR count). The van der Waals surface area contributed by atoms with Crippen LogP contribution in [0, 0.1) is 28.6 Å². The third kappa shape index (κ3) is 3.86. The molecule has 210 valence electrons. The number of carbonyl (C=O) groups excluding carboxylic acids is 3. The van der Waals surface area contributed by atoms with E-state index in [1.165, 1.54) is 25.2 Å². The average Bonchev–Trinajstić information content (AvgIpc) is 3.11. The topological polar surface area (TPSA) is 88.1 Å². The number of allylic oxidation sites excluding steroid dienone is 4. The largest absolute Gasteiger partial charge is 0.458 e. The van der Waals surface area contributed by atoms with Gasteiger partial charge >= 0.3 is 5.97 Å². The summed E-state index contributed by atoms with van der Waals surface area (Å²) in [6.07, 6.45) is 0.959. The Kier molecular flexibility index (Phi) is 6.56. The summed E-state index contributed by atoms with van der Waals surface area (Å²) in [5.74, 6) is -3.90. The molecule has 0 N–H and O–H groups in total. The number of esters is 1. The van der Waals surface area contributed by atoms with Crippen molar-refractivity contribution < 1.29 is 42.1 Å². The molecule has 1 saturated heterocycles. The standard InChI is InChI=1S/C29H38F2O7/c1-7-35-23-13-27(5)17(18-11-20(30)19-10-16(33)8-9-28(19,6)29(18,23)31)12-22-24(27)25(38-26(3,4)37-22)21(34)14-36-15(2)32/h8-10,17-18,20,22-25H,7,11-14H2,1-6H3/t17?,18?,20-,22+,23-,24?,25?,27?,28?,29-/m0/s1. The van der Waals surface area contributed by atoms with Crippen molar-refractivity contribution in [2.75, 3.05) is 13.2 Å². The Morgan fingerprint density at radius 2 is 1.84 bits per heavy atom. The lowest BCUT2D eigenvalue weighted by Crippen LogP contribution is -2.69. The Morgan fingerprint density at radius 1 is 1.13 bits per heavy atom. The van der Waals surface area contributed by atoms with Gasteiger partial charge in [0.15, 0.2) is 29.6 Å². The Hall–Kier alpha value is -1.97. The van der Waals surface area contributed by atoms with Crippen molar-refractivity contribution in [2.24, 2.45) is 28.6 Å². The first-order chi connectivity index (χ1) is 17.7. The van der Waals surface area contributed by atoms with Gasteiger partial charge in [0.1, 0.15) is 12.3 Å². The zero-order valence-electron chi connectivity index (χ0n) is 22.9. The Balaban J connectivity index is 1.59. The number of ketones is 2. The minimum atomic E-state index is -1.97. The zero-order valence-corrected chi connectivity index (χ0v) is 22.9. The summed E-state index contributed by atoms with van der Waals surface area (Å²) in [6.45, 7) is 9.99. The molecule has 7 nitrogen and oxygen atoms in total. The van der Waals surface area contributed by atoms with Crippen LogP contribution in [0.4, 0.5) is 8.78 Å². The van der Waals surface area contributed by atoms with Crippen LogP contribution in [0.5, 0.6) is 0 Å². The fourth-order valence-corrected chi connectivity index (χ4v) is 8.53. The van der Waals surface area contributed by atoms with Gasteiger partial charge in [-0.25, -0.2) is 8.78 Å². The highest BCUT2D eigenvalue weighted by molar-refractivity contribution is 6.01. The van der Waals surface area contributed by atoms with E-state index in [4.69, 9.17) is 18.9 Å². The van der Waals surface area contributed by atoms with Crippen molar-refractivity contribution in [2.45, 2.75) is 96.7 Å². The molecule has 4 fully saturated rings. The van der Waals surface area contributed by atoms with Crippen LogP contribution in [0.15, 0.2) is 23.8 Å². The summed E-state index contributed by atoms with van der Waals surface area (Å²) in [7, 11) is 0. The summed E-state index contributed by atoms with van der Waals surface area (Å²) >= 11 is 0. The second kappa shape index (κ2) is 9.03. The van der Waals surface area contributed by atoms with Gasteiger partial charge in [-0.3, -0.25) is 14.4 Å². The van der Waals surface area contributed by atoms with Crippen LogP contribution in [0.1, 0.15) is 60.8 Å². The number of ether oxygens (including phenoxy) is 4. The van der Waals surface area contributed by atoms with Crippen molar-refractivity contribution in [1.82, 2.24) is 0 Å². The van der Waals surface area contributed by atoms with Crippen LogP contribution >= 0.6 is 0 Å². The molecule has 0 aromatic heterocycles. The van der Waals surface area contributed by atoms with E-state index in [-0.39, 0.29) is 42.5 Å². The summed E-state index contributed by atoms with van der Waals surface area (Å²) < 4.78 is 57.4. The quantitative estimate of drug-likeness (QED) is 0.486. The summed E-state index contributed by atoms with van der Waals surface area (Å²) in [5, 5.41) is 0. The number of alkyl halides is 2. The molecule has 0 bridgehead atoms. The average molecular weight is 537 g/mol. The van der Waals surface area contributed by atoms with Gasteiger partial charge < -0.3 is 18.9 Å². The maximum atomic E-state index is 17.9. The number of rotatable bonds is 5. The summed E-state index contributed by atoms with van der Waals surface area (Å²) in [6, 6.07) is 0. The van der Waals surface area contributed by atoms with Gasteiger partial charge in [-0.15, -0.1) is 0 Å². The molecule has 0 aromatic carbocycles. The van der Waals surface area contributed by atoms with Gasteiger partial charge in [0.05, 0.1) is 12.2 Å². The lowest BCUT2D eigenvalue weighted by Gasteiger charge is -2.63. The third-order valence-electron chi connectivity index (χ3n) is 9.96. The van der Waals surface area contributed by atoms with E-state index >= 15 is 8.78 Å². The lowest BCUT2D eigenvalue weighted by atomic mass is 9.44. The number of halogens is 2. The predicted molar refractivity (Wildman–Crippen MR) is 132 cm³/mol. The van der Waals surface area contributed by atoms with Gasteiger partial charge in [-0.05, 0) is 76.0 Å². The van der Waals surface area contributed by atoms with E-state index in [9.17, 15) is 14.4 Å². The van der Waals surface area contributed by atoms with Gasteiger partial charge in [0, 0.05) is 30.8 Å². The minimum absolute atomic E-state index is 0.0847.